The molecule has 1 saturated heterocycles. The lowest BCUT2D eigenvalue weighted by Gasteiger charge is -2.18. The summed E-state index contributed by atoms with van der Waals surface area (Å²) in [5, 5.41) is 0.0599. The Morgan fingerprint density at radius 1 is 0.909 bits per heavy atom. The fraction of sp³-hybridized carbons (Fsp3) is 0.0400. The molecule has 1 aliphatic heterocycles. The van der Waals surface area contributed by atoms with Gasteiger partial charge in [-0.15, -0.1) is 0 Å². The highest BCUT2D eigenvalue weighted by atomic mass is 79.9. The van der Waals surface area contributed by atoms with Gasteiger partial charge in [0.2, 0.25) is 0 Å². The number of rotatable bonds is 4. The Hall–Kier alpha value is -3.49. The van der Waals surface area contributed by atoms with Crippen molar-refractivity contribution in [3.05, 3.63) is 110 Å². The van der Waals surface area contributed by atoms with E-state index in [1.807, 2.05) is 42.5 Å². The van der Waals surface area contributed by atoms with Gasteiger partial charge in [0.1, 0.15) is 5.82 Å². The zero-order valence-corrected chi connectivity index (χ0v) is 19.5. The molecule has 0 saturated carbocycles. The van der Waals surface area contributed by atoms with Gasteiger partial charge in [-0.1, -0.05) is 64.5 Å². The number of amides is 2. The zero-order chi connectivity index (χ0) is 22.9. The number of carbonyl (C=O) groups is 2. The first-order chi connectivity index (χ1) is 16.0. The van der Waals surface area contributed by atoms with Gasteiger partial charge in [0.05, 0.1) is 28.0 Å². The normalized spacial score (nSPS) is 15.1. The number of nitrogens with zero attached hydrogens (tertiary/aromatic N) is 3. The molecule has 0 atom stereocenters. The molecule has 1 fully saturated rings. The predicted octanol–water partition coefficient (Wildman–Crippen LogP) is 5.38. The first-order valence-electron chi connectivity index (χ1n) is 10.1. The Morgan fingerprint density at radius 3 is 2.45 bits per heavy atom. The van der Waals surface area contributed by atoms with E-state index in [-0.39, 0.29) is 12.1 Å². The molecule has 1 aliphatic rings. The first kappa shape index (κ1) is 21.4. The van der Waals surface area contributed by atoms with Crippen molar-refractivity contribution in [2.24, 2.45) is 0 Å². The monoisotopic (exact) mass is 517 g/mol. The molecule has 3 aromatic carbocycles. The van der Waals surface area contributed by atoms with Crippen molar-refractivity contribution in [2.75, 3.05) is 0 Å². The van der Waals surface area contributed by atoms with Crippen molar-refractivity contribution in [1.82, 2.24) is 14.5 Å². The van der Waals surface area contributed by atoms with E-state index < -0.39 is 11.1 Å². The second-order valence-corrected chi connectivity index (χ2v) is 9.25. The van der Waals surface area contributed by atoms with Crippen LogP contribution in [0.25, 0.3) is 22.7 Å². The maximum Gasteiger partial charge on any atom is 0.293 e. The van der Waals surface area contributed by atoms with Crippen LogP contribution in [-0.2, 0) is 11.3 Å². The van der Waals surface area contributed by atoms with E-state index in [0.29, 0.717) is 27.3 Å². The summed E-state index contributed by atoms with van der Waals surface area (Å²) in [4.78, 5) is 45.3. The summed E-state index contributed by atoms with van der Waals surface area (Å²) in [6, 6.07) is 23.6. The third kappa shape index (κ3) is 4.15. The van der Waals surface area contributed by atoms with Crippen LogP contribution in [0.15, 0.2) is 93.0 Å². The average molecular weight is 518 g/mol. The number of thioether (sulfide) groups is 1. The number of hydrogen-bond donors (Lipinski definition) is 0. The molecule has 0 unspecified atom stereocenters. The van der Waals surface area contributed by atoms with Crippen molar-refractivity contribution in [2.45, 2.75) is 6.54 Å². The highest BCUT2D eigenvalue weighted by molar-refractivity contribution is 9.10. The van der Waals surface area contributed by atoms with Crippen molar-refractivity contribution >= 4 is 55.8 Å². The average Bonchev–Trinajstić information content (AvgIpc) is 3.07. The van der Waals surface area contributed by atoms with Gasteiger partial charge < -0.3 is 0 Å². The van der Waals surface area contributed by atoms with Crippen LogP contribution < -0.4 is 5.56 Å². The van der Waals surface area contributed by atoms with Crippen LogP contribution in [0.3, 0.4) is 0 Å². The van der Waals surface area contributed by atoms with Gasteiger partial charge in [-0.25, -0.2) is 4.98 Å². The van der Waals surface area contributed by atoms with E-state index in [9.17, 15) is 14.4 Å². The Balaban J connectivity index is 1.60. The first-order valence-corrected chi connectivity index (χ1v) is 11.7. The number of halogens is 1. The Kier molecular flexibility index (Phi) is 5.70. The van der Waals surface area contributed by atoms with Crippen molar-refractivity contribution < 1.29 is 9.59 Å². The largest absolute Gasteiger partial charge is 0.293 e. The zero-order valence-electron chi connectivity index (χ0n) is 17.1. The predicted molar refractivity (Wildman–Crippen MR) is 133 cm³/mol. The molecular weight excluding hydrogens is 502 g/mol. The van der Waals surface area contributed by atoms with Crippen molar-refractivity contribution in [3.63, 3.8) is 0 Å². The highest BCUT2D eigenvalue weighted by Gasteiger charge is 2.36. The van der Waals surface area contributed by atoms with Crippen LogP contribution in [0.1, 0.15) is 11.4 Å². The lowest BCUT2D eigenvalue weighted by atomic mass is 10.2. The van der Waals surface area contributed by atoms with Crippen LogP contribution in [0.2, 0.25) is 0 Å². The van der Waals surface area contributed by atoms with E-state index >= 15 is 0 Å². The number of para-hydroxylation sites is 1. The van der Waals surface area contributed by atoms with Gasteiger partial charge in [-0.2, -0.15) is 0 Å². The van der Waals surface area contributed by atoms with Crippen LogP contribution in [0.4, 0.5) is 4.79 Å². The molecule has 33 heavy (non-hydrogen) atoms. The van der Waals surface area contributed by atoms with Gasteiger partial charge in [0.15, 0.2) is 0 Å². The highest BCUT2D eigenvalue weighted by Crippen LogP contribution is 2.33. The number of benzene rings is 3. The summed E-state index contributed by atoms with van der Waals surface area (Å²) in [5.74, 6) is -0.0999. The fourth-order valence-electron chi connectivity index (χ4n) is 3.64. The Bertz CT molecular complexity index is 1500. The second-order valence-electron chi connectivity index (χ2n) is 7.34. The minimum Gasteiger partial charge on any atom is -0.268 e. The molecule has 2 amide bonds. The molecule has 1 aromatic heterocycles. The topological polar surface area (TPSA) is 72.3 Å². The van der Waals surface area contributed by atoms with E-state index in [0.717, 1.165) is 26.7 Å². The van der Waals surface area contributed by atoms with E-state index in [4.69, 9.17) is 0 Å². The third-order valence-corrected chi connectivity index (χ3v) is 6.58. The van der Waals surface area contributed by atoms with Gasteiger partial charge >= 0.3 is 0 Å². The maximum absolute atomic E-state index is 13.4. The summed E-state index contributed by atoms with van der Waals surface area (Å²) in [5.41, 5.74) is 1.67. The Labute approximate surface area is 201 Å². The maximum atomic E-state index is 13.4. The van der Waals surface area contributed by atoms with E-state index in [1.54, 1.807) is 42.5 Å². The van der Waals surface area contributed by atoms with Crippen molar-refractivity contribution in [1.29, 1.82) is 0 Å². The number of hydrogen-bond acceptors (Lipinski definition) is 5. The van der Waals surface area contributed by atoms with Gasteiger partial charge in [-0.3, -0.25) is 23.9 Å². The molecule has 162 valence electrons. The quantitative estimate of drug-likeness (QED) is 0.339. The number of fused-ring (bicyclic) bond motifs is 1. The molecule has 2 heterocycles. The number of aromatic nitrogens is 2. The third-order valence-electron chi connectivity index (χ3n) is 5.18. The number of imide groups is 1. The minimum atomic E-state index is -0.406. The van der Waals surface area contributed by atoms with Gasteiger partial charge in [0.25, 0.3) is 16.7 Å². The molecule has 0 N–H and O–H groups in total. The van der Waals surface area contributed by atoms with Gasteiger partial charge in [0, 0.05) is 4.47 Å². The van der Waals surface area contributed by atoms with E-state index in [1.165, 1.54) is 4.57 Å². The SMILES string of the molecule is O=C1S/C(=C/c2ccccc2)C(=O)N1Cc1nc2ccccc2c(=O)n1-c1cccc(Br)c1. The van der Waals surface area contributed by atoms with E-state index in [2.05, 4.69) is 20.9 Å². The molecule has 0 aliphatic carbocycles. The van der Waals surface area contributed by atoms with Crippen LogP contribution >= 0.6 is 27.7 Å². The molecule has 6 nitrogen and oxygen atoms in total. The standard InChI is InChI=1S/C25H16BrN3O3S/c26-17-9-6-10-18(14-17)29-22(27-20-12-5-4-11-19(20)23(29)30)15-28-24(31)21(33-25(28)32)13-16-7-2-1-3-8-16/h1-14H,15H2/b21-13+. The van der Waals surface area contributed by atoms with Crippen LogP contribution in [0.5, 0.6) is 0 Å². The molecule has 8 heteroatoms. The molecule has 4 aromatic rings. The fourth-order valence-corrected chi connectivity index (χ4v) is 4.87. The smallest absolute Gasteiger partial charge is 0.268 e. The molecule has 0 spiro atoms. The van der Waals surface area contributed by atoms with Gasteiger partial charge in [-0.05, 0) is 53.7 Å². The lowest BCUT2D eigenvalue weighted by Crippen LogP contribution is -2.32. The minimum absolute atomic E-state index is 0.122. The van der Waals surface area contributed by atoms with Crippen LogP contribution in [-0.4, -0.2) is 25.6 Å². The second kappa shape index (κ2) is 8.80. The number of carbonyl (C=O) groups excluding carboxylic acids is 2. The summed E-state index contributed by atoms with van der Waals surface area (Å²) >= 11 is 4.32. The summed E-state index contributed by atoms with van der Waals surface area (Å²) in [6.07, 6.45) is 1.69. The summed E-state index contributed by atoms with van der Waals surface area (Å²) in [7, 11) is 0. The lowest BCUT2D eigenvalue weighted by molar-refractivity contribution is -0.123. The van der Waals surface area contributed by atoms with Crippen LogP contribution in [0, 0.1) is 0 Å². The molecule has 0 radical (unpaired) electrons. The molecule has 5 rings (SSSR count). The Morgan fingerprint density at radius 2 is 1.67 bits per heavy atom. The summed E-state index contributed by atoms with van der Waals surface area (Å²) < 4.78 is 2.25. The van der Waals surface area contributed by atoms with Crippen molar-refractivity contribution in [3.8, 4) is 5.69 Å². The summed E-state index contributed by atoms with van der Waals surface area (Å²) in [6.45, 7) is -0.122. The molecule has 0 bridgehead atoms. The molecular formula is C25H16BrN3O3S.